The van der Waals surface area contributed by atoms with Gasteiger partial charge in [-0.2, -0.15) is 0 Å². The second-order valence-electron chi connectivity index (χ2n) is 3.58. The third-order valence-electron chi connectivity index (χ3n) is 2.46. The van der Waals surface area contributed by atoms with E-state index in [-0.39, 0.29) is 12.0 Å². The van der Waals surface area contributed by atoms with Gasteiger partial charge in [-0.15, -0.1) is 0 Å². The van der Waals surface area contributed by atoms with Crippen molar-refractivity contribution in [3.8, 4) is 0 Å². The van der Waals surface area contributed by atoms with Crippen LogP contribution in [0.4, 0.5) is 0 Å². The Morgan fingerprint density at radius 1 is 1.53 bits per heavy atom. The highest BCUT2D eigenvalue weighted by Gasteiger charge is 2.16. The Kier molecular flexibility index (Phi) is 3.29. The molecule has 0 radical (unpaired) electrons. The molecule has 1 amide bonds. The Morgan fingerprint density at radius 3 is 3.00 bits per heavy atom. The molecule has 80 valence electrons. The van der Waals surface area contributed by atoms with E-state index in [2.05, 4.69) is 10.3 Å². The average Bonchev–Trinajstić information content (AvgIpc) is 2.80. The summed E-state index contributed by atoms with van der Waals surface area (Å²) < 4.78 is 5.41. The third kappa shape index (κ3) is 2.76. The van der Waals surface area contributed by atoms with Crippen LogP contribution in [0.15, 0.2) is 24.5 Å². The lowest BCUT2D eigenvalue weighted by Crippen LogP contribution is -2.31. The summed E-state index contributed by atoms with van der Waals surface area (Å²) >= 11 is 0. The lowest BCUT2D eigenvalue weighted by atomic mass is 10.2. The van der Waals surface area contributed by atoms with Gasteiger partial charge >= 0.3 is 0 Å². The van der Waals surface area contributed by atoms with Crippen LogP contribution in [-0.2, 0) is 4.74 Å². The molecule has 0 saturated carbocycles. The summed E-state index contributed by atoms with van der Waals surface area (Å²) in [7, 11) is 0. The smallest absolute Gasteiger partial charge is 0.251 e. The van der Waals surface area contributed by atoms with Crippen LogP contribution in [0.3, 0.4) is 0 Å². The first-order chi connectivity index (χ1) is 7.36. The van der Waals surface area contributed by atoms with Crippen molar-refractivity contribution in [2.45, 2.75) is 18.9 Å². The zero-order chi connectivity index (χ0) is 10.5. The maximum absolute atomic E-state index is 11.6. The second kappa shape index (κ2) is 4.89. The van der Waals surface area contributed by atoms with Crippen molar-refractivity contribution in [1.29, 1.82) is 0 Å². The lowest BCUT2D eigenvalue weighted by molar-refractivity contribution is 0.0857. The van der Waals surface area contributed by atoms with E-state index in [1.54, 1.807) is 24.5 Å². The fourth-order valence-corrected chi connectivity index (χ4v) is 1.62. The number of pyridine rings is 1. The van der Waals surface area contributed by atoms with E-state index in [0.29, 0.717) is 12.1 Å². The average molecular weight is 206 g/mol. The molecular formula is C11H14N2O2. The Morgan fingerprint density at radius 2 is 2.33 bits per heavy atom. The molecular weight excluding hydrogens is 192 g/mol. The van der Waals surface area contributed by atoms with Gasteiger partial charge in [-0.05, 0) is 25.0 Å². The van der Waals surface area contributed by atoms with E-state index < -0.39 is 0 Å². The van der Waals surface area contributed by atoms with Gasteiger partial charge in [-0.1, -0.05) is 0 Å². The number of hydrogen-bond acceptors (Lipinski definition) is 3. The van der Waals surface area contributed by atoms with Crippen LogP contribution in [-0.4, -0.2) is 30.1 Å². The molecule has 1 aliphatic heterocycles. The van der Waals surface area contributed by atoms with Crippen LogP contribution in [0.5, 0.6) is 0 Å². The number of ether oxygens (including phenoxy) is 1. The number of hydrogen-bond donors (Lipinski definition) is 1. The predicted octanol–water partition coefficient (Wildman–Crippen LogP) is 0.990. The molecule has 15 heavy (non-hydrogen) atoms. The molecule has 1 aromatic rings. The minimum absolute atomic E-state index is 0.0621. The zero-order valence-electron chi connectivity index (χ0n) is 8.48. The first-order valence-electron chi connectivity index (χ1n) is 5.16. The van der Waals surface area contributed by atoms with Crippen molar-refractivity contribution in [2.75, 3.05) is 13.2 Å². The maximum atomic E-state index is 11.6. The molecule has 0 bridgehead atoms. The molecule has 0 spiro atoms. The monoisotopic (exact) mass is 206 g/mol. The van der Waals surface area contributed by atoms with Crippen molar-refractivity contribution >= 4 is 5.91 Å². The van der Waals surface area contributed by atoms with E-state index in [0.717, 1.165) is 19.4 Å². The fourth-order valence-electron chi connectivity index (χ4n) is 1.62. The van der Waals surface area contributed by atoms with Crippen molar-refractivity contribution in [2.24, 2.45) is 0 Å². The highest BCUT2D eigenvalue weighted by Crippen LogP contribution is 2.10. The largest absolute Gasteiger partial charge is 0.376 e. The van der Waals surface area contributed by atoms with Crippen molar-refractivity contribution in [1.82, 2.24) is 10.3 Å². The lowest BCUT2D eigenvalue weighted by Gasteiger charge is -2.10. The highest BCUT2D eigenvalue weighted by molar-refractivity contribution is 5.93. The van der Waals surface area contributed by atoms with Crippen molar-refractivity contribution in [3.63, 3.8) is 0 Å². The highest BCUT2D eigenvalue weighted by atomic mass is 16.5. The minimum atomic E-state index is -0.0621. The first-order valence-corrected chi connectivity index (χ1v) is 5.16. The van der Waals surface area contributed by atoms with Gasteiger partial charge in [0.2, 0.25) is 0 Å². The number of nitrogens with one attached hydrogen (secondary N) is 1. The molecule has 0 aromatic carbocycles. The third-order valence-corrected chi connectivity index (χ3v) is 2.46. The van der Waals surface area contributed by atoms with Gasteiger partial charge in [0.15, 0.2) is 0 Å². The molecule has 1 saturated heterocycles. The zero-order valence-corrected chi connectivity index (χ0v) is 8.48. The molecule has 4 nitrogen and oxygen atoms in total. The van der Waals surface area contributed by atoms with Crippen LogP contribution in [0.2, 0.25) is 0 Å². The summed E-state index contributed by atoms with van der Waals surface area (Å²) in [5.74, 6) is -0.0621. The predicted molar refractivity (Wildman–Crippen MR) is 55.5 cm³/mol. The number of aromatic nitrogens is 1. The summed E-state index contributed by atoms with van der Waals surface area (Å²) in [6.07, 6.45) is 5.55. The molecule has 1 fully saturated rings. The SMILES string of the molecule is O=C(NC[C@H]1CCCO1)c1ccncc1. The molecule has 4 heteroatoms. The standard InChI is InChI=1S/C11H14N2O2/c14-11(9-3-5-12-6-4-9)13-8-10-2-1-7-15-10/h3-6,10H,1-2,7-8H2,(H,13,14)/t10-/m1/s1. The van der Waals surface area contributed by atoms with Crippen LogP contribution in [0.1, 0.15) is 23.2 Å². The topological polar surface area (TPSA) is 51.2 Å². The van der Waals surface area contributed by atoms with Crippen LogP contribution >= 0.6 is 0 Å². The summed E-state index contributed by atoms with van der Waals surface area (Å²) in [4.78, 5) is 15.5. The molecule has 1 aromatic heterocycles. The van der Waals surface area contributed by atoms with Gasteiger partial charge in [-0.3, -0.25) is 9.78 Å². The van der Waals surface area contributed by atoms with Gasteiger partial charge in [-0.25, -0.2) is 0 Å². The van der Waals surface area contributed by atoms with Crippen LogP contribution < -0.4 is 5.32 Å². The molecule has 1 aliphatic rings. The van der Waals surface area contributed by atoms with Gasteiger partial charge < -0.3 is 10.1 Å². The van der Waals surface area contributed by atoms with Crippen molar-refractivity contribution < 1.29 is 9.53 Å². The minimum Gasteiger partial charge on any atom is -0.376 e. The van der Waals surface area contributed by atoms with E-state index >= 15 is 0 Å². The summed E-state index contributed by atoms with van der Waals surface area (Å²) in [6, 6.07) is 3.40. The number of rotatable bonds is 3. The molecule has 1 atom stereocenters. The van der Waals surface area contributed by atoms with Gasteiger partial charge in [0.25, 0.3) is 5.91 Å². The first kappa shape index (κ1) is 10.1. The second-order valence-corrected chi connectivity index (χ2v) is 3.58. The van der Waals surface area contributed by atoms with Gasteiger partial charge in [0, 0.05) is 31.1 Å². The number of carbonyl (C=O) groups is 1. The van der Waals surface area contributed by atoms with E-state index in [4.69, 9.17) is 4.74 Å². The number of nitrogens with zero attached hydrogens (tertiary/aromatic N) is 1. The molecule has 0 unspecified atom stereocenters. The molecule has 2 rings (SSSR count). The molecule has 2 heterocycles. The van der Waals surface area contributed by atoms with Gasteiger partial charge in [0.1, 0.15) is 0 Å². The Bertz CT molecular complexity index is 321. The normalized spacial score (nSPS) is 20.1. The summed E-state index contributed by atoms with van der Waals surface area (Å²) in [6.45, 7) is 1.41. The quantitative estimate of drug-likeness (QED) is 0.802. The Balaban J connectivity index is 1.82. The number of amides is 1. The Hall–Kier alpha value is -1.42. The number of carbonyl (C=O) groups excluding carboxylic acids is 1. The van der Waals surface area contributed by atoms with Gasteiger partial charge in [0.05, 0.1) is 6.10 Å². The summed E-state index contributed by atoms with van der Waals surface area (Å²) in [5, 5.41) is 2.85. The van der Waals surface area contributed by atoms with Crippen LogP contribution in [0, 0.1) is 0 Å². The fraction of sp³-hybridized carbons (Fsp3) is 0.455. The maximum Gasteiger partial charge on any atom is 0.251 e. The van der Waals surface area contributed by atoms with Crippen LogP contribution in [0.25, 0.3) is 0 Å². The summed E-state index contributed by atoms with van der Waals surface area (Å²) in [5.41, 5.74) is 0.642. The van der Waals surface area contributed by atoms with Crippen molar-refractivity contribution in [3.05, 3.63) is 30.1 Å². The van der Waals surface area contributed by atoms with E-state index in [1.165, 1.54) is 0 Å². The molecule has 0 aliphatic carbocycles. The Labute approximate surface area is 88.7 Å². The molecule has 1 N–H and O–H groups in total. The van der Waals surface area contributed by atoms with E-state index in [1.807, 2.05) is 0 Å². The van der Waals surface area contributed by atoms with E-state index in [9.17, 15) is 4.79 Å².